The van der Waals surface area contributed by atoms with Gasteiger partial charge in [-0.2, -0.15) is 9.49 Å². The van der Waals surface area contributed by atoms with E-state index in [1.54, 1.807) is 23.0 Å². The minimum atomic E-state index is -0.563. The van der Waals surface area contributed by atoms with Crippen LogP contribution in [0, 0.1) is 5.95 Å². The lowest BCUT2D eigenvalue weighted by atomic mass is 10.2. The van der Waals surface area contributed by atoms with Crippen molar-refractivity contribution in [3.05, 3.63) is 36.7 Å². The van der Waals surface area contributed by atoms with E-state index in [2.05, 4.69) is 26.6 Å². The Morgan fingerprint density at radius 2 is 2.23 bits per heavy atom. The molecule has 22 heavy (non-hydrogen) atoms. The number of hydrogen-bond acceptors (Lipinski definition) is 5. The van der Waals surface area contributed by atoms with Gasteiger partial charge in [0, 0.05) is 22.3 Å². The molecule has 0 saturated heterocycles. The first-order valence-electron chi connectivity index (χ1n) is 6.81. The maximum Gasteiger partial charge on any atom is 0.222 e. The van der Waals surface area contributed by atoms with E-state index in [9.17, 15) is 4.39 Å². The summed E-state index contributed by atoms with van der Waals surface area (Å²) in [4.78, 5) is 12.3. The van der Waals surface area contributed by atoms with Crippen molar-refractivity contribution in [2.24, 2.45) is 0 Å². The van der Waals surface area contributed by atoms with Crippen molar-refractivity contribution in [2.75, 3.05) is 6.61 Å². The first kappa shape index (κ1) is 14.7. The quantitative estimate of drug-likeness (QED) is 0.396. The molecule has 2 radical (unpaired) electrons. The number of aromatic nitrogens is 5. The normalized spacial score (nSPS) is 11.2. The molecule has 0 spiro atoms. The minimum absolute atomic E-state index is 0.324. The fourth-order valence-electron chi connectivity index (χ4n) is 1.99. The van der Waals surface area contributed by atoms with Gasteiger partial charge in [0.15, 0.2) is 5.65 Å². The topological polar surface area (TPSA) is 65.7 Å². The number of nitrogens with zero attached hydrogens (tertiary/aromatic N) is 5. The molecule has 0 bridgehead atoms. The maximum absolute atomic E-state index is 13.7. The van der Waals surface area contributed by atoms with E-state index in [1.807, 2.05) is 0 Å². The maximum atomic E-state index is 13.7. The van der Waals surface area contributed by atoms with Gasteiger partial charge in [-0.25, -0.2) is 19.6 Å². The molecule has 3 rings (SSSR count). The van der Waals surface area contributed by atoms with Gasteiger partial charge in [-0.1, -0.05) is 6.55 Å². The molecular formula is C14H14FN5OSi. The zero-order valence-electron chi connectivity index (χ0n) is 12.0. The van der Waals surface area contributed by atoms with E-state index >= 15 is 0 Å². The number of hydrogen-bond donors (Lipinski definition) is 0. The third kappa shape index (κ3) is 3.02. The highest BCUT2D eigenvalue weighted by molar-refractivity contribution is 6.33. The van der Waals surface area contributed by atoms with E-state index < -0.39 is 5.95 Å². The van der Waals surface area contributed by atoms with Gasteiger partial charge < -0.3 is 4.74 Å². The smallest absolute Gasteiger partial charge is 0.222 e. The molecule has 3 heterocycles. The summed E-state index contributed by atoms with van der Waals surface area (Å²) in [6.45, 7) is 3.17. The SMILES string of the molecule is C[Si]CCOCn1ncc2nc(-c3cccnc3F)cnc21. The van der Waals surface area contributed by atoms with Gasteiger partial charge in [0.25, 0.3) is 0 Å². The van der Waals surface area contributed by atoms with E-state index in [1.165, 1.54) is 12.4 Å². The summed E-state index contributed by atoms with van der Waals surface area (Å²) in [5.41, 5.74) is 1.98. The van der Waals surface area contributed by atoms with Crippen molar-refractivity contribution in [1.29, 1.82) is 0 Å². The Bertz CT molecular complexity index is 779. The fourth-order valence-corrected chi connectivity index (χ4v) is 2.34. The van der Waals surface area contributed by atoms with Crippen molar-refractivity contribution in [3.8, 4) is 11.3 Å². The van der Waals surface area contributed by atoms with E-state index in [0.717, 1.165) is 15.6 Å². The fraction of sp³-hybridized carbons (Fsp3) is 0.286. The first-order valence-corrected chi connectivity index (χ1v) is 8.52. The van der Waals surface area contributed by atoms with E-state index in [-0.39, 0.29) is 0 Å². The van der Waals surface area contributed by atoms with Crippen LogP contribution in [0.5, 0.6) is 0 Å². The second-order valence-electron chi connectivity index (χ2n) is 4.59. The molecular weight excluding hydrogens is 301 g/mol. The van der Waals surface area contributed by atoms with E-state index in [4.69, 9.17) is 4.74 Å². The summed E-state index contributed by atoms with van der Waals surface area (Å²) in [6.07, 6.45) is 4.52. The van der Waals surface area contributed by atoms with Gasteiger partial charge >= 0.3 is 0 Å². The van der Waals surface area contributed by atoms with Gasteiger partial charge in [-0.15, -0.1) is 0 Å². The van der Waals surface area contributed by atoms with Crippen LogP contribution in [0.25, 0.3) is 22.4 Å². The lowest BCUT2D eigenvalue weighted by Gasteiger charge is -2.05. The number of pyridine rings is 1. The van der Waals surface area contributed by atoms with E-state index in [0.29, 0.717) is 35.8 Å². The van der Waals surface area contributed by atoms with Crippen LogP contribution in [-0.4, -0.2) is 40.9 Å². The molecule has 0 saturated carbocycles. The van der Waals surface area contributed by atoms with Gasteiger partial charge in [0.2, 0.25) is 5.95 Å². The highest BCUT2D eigenvalue weighted by Gasteiger charge is 2.11. The second-order valence-corrected chi connectivity index (χ2v) is 5.80. The third-order valence-electron chi connectivity index (χ3n) is 3.09. The highest BCUT2D eigenvalue weighted by Crippen LogP contribution is 2.20. The van der Waals surface area contributed by atoms with Crippen molar-refractivity contribution in [3.63, 3.8) is 0 Å². The molecule has 3 aromatic rings. The molecule has 8 heteroatoms. The molecule has 0 aliphatic heterocycles. The number of halogens is 1. The molecule has 3 aromatic heterocycles. The predicted octanol–water partition coefficient (Wildman–Crippen LogP) is 2.17. The molecule has 0 amide bonds. The molecule has 0 aliphatic carbocycles. The highest BCUT2D eigenvalue weighted by atomic mass is 28.2. The minimum Gasteiger partial charge on any atom is -0.359 e. The summed E-state index contributed by atoms with van der Waals surface area (Å²) < 4.78 is 20.9. The summed E-state index contributed by atoms with van der Waals surface area (Å²) in [5.74, 6) is -0.563. The van der Waals surface area contributed by atoms with Gasteiger partial charge in [-0.3, -0.25) is 0 Å². The molecule has 0 aromatic carbocycles. The second kappa shape index (κ2) is 6.71. The Kier molecular flexibility index (Phi) is 4.49. The van der Waals surface area contributed by atoms with Crippen LogP contribution in [0.15, 0.2) is 30.7 Å². The van der Waals surface area contributed by atoms with Crippen molar-refractivity contribution >= 4 is 20.7 Å². The van der Waals surface area contributed by atoms with Crippen LogP contribution < -0.4 is 0 Å². The lowest BCUT2D eigenvalue weighted by Crippen LogP contribution is -2.06. The van der Waals surface area contributed by atoms with Crippen LogP contribution in [0.4, 0.5) is 4.39 Å². The summed E-state index contributed by atoms with van der Waals surface area (Å²) in [5, 5.41) is 4.21. The summed E-state index contributed by atoms with van der Waals surface area (Å²) in [6, 6.07) is 4.32. The largest absolute Gasteiger partial charge is 0.359 e. The Labute approximate surface area is 129 Å². The van der Waals surface area contributed by atoms with Crippen LogP contribution >= 0.6 is 0 Å². The van der Waals surface area contributed by atoms with Gasteiger partial charge in [-0.05, 0) is 18.2 Å². The molecule has 6 nitrogen and oxygen atoms in total. The Hall–Kier alpha value is -2.19. The predicted molar refractivity (Wildman–Crippen MR) is 80.9 cm³/mol. The Balaban J connectivity index is 1.85. The van der Waals surface area contributed by atoms with Crippen molar-refractivity contribution in [2.45, 2.75) is 19.3 Å². The zero-order valence-corrected chi connectivity index (χ0v) is 13.0. The van der Waals surface area contributed by atoms with Crippen molar-refractivity contribution < 1.29 is 9.13 Å². The summed E-state index contributed by atoms with van der Waals surface area (Å²) >= 11 is 0. The molecule has 0 atom stereocenters. The Morgan fingerprint density at radius 3 is 3.05 bits per heavy atom. The third-order valence-corrected chi connectivity index (χ3v) is 3.79. The van der Waals surface area contributed by atoms with Crippen LogP contribution in [-0.2, 0) is 11.5 Å². The monoisotopic (exact) mass is 315 g/mol. The standard InChI is InChI=1S/C14H14FN5OSi/c1-22-6-5-21-9-20-14-12(8-18-20)19-11(7-17-14)10-3-2-4-16-13(10)15/h2-4,7-8H,5-6,9H2,1H3. The Morgan fingerprint density at radius 1 is 1.32 bits per heavy atom. The zero-order chi connectivity index (χ0) is 15.4. The lowest BCUT2D eigenvalue weighted by molar-refractivity contribution is 0.0819. The molecule has 0 fully saturated rings. The average Bonchev–Trinajstić information content (AvgIpc) is 2.94. The number of fused-ring (bicyclic) bond motifs is 1. The van der Waals surface area contributed by atoms with Gasteiger partial charge in [0.1, 0.15) is 12.2 Å². The molecule has 0 N–H and O–H groups in total. The average molecular weight is 315 g/mol. The number of rotatable bonds is 6. The molecule has 0 aliphatic rings. The van der Waals surface area contributed by atoms with Crippen molar-refractivity contribution in [1.82, 2.24) is 24.7 Å². The van der Waals surface area contributed by atoms with Gasteiger partial charge in [0.05, 0.1) is 23.7 Å². The van der Waals surface area contributed by atoms with Crippen LogP contribution in [0.1, 0.15) is 0 Å². The molecule has 0 unspecified atom stereocenters. The van der Waals surface area contributed by atoms with Crippen LogP contribution in [0.3, 0.4) is 0 Å². The summed E-state index contributed by atoms with van der Waals surface area (Å²) in [7, 11) is 0.871. The van der Waals surface area contributed by atoms with Crippen LogP contribution in [0.2, 0.25) is 12.6 Å². The number of ether oxygens (including phenoxy) is 1. The molecule has 112 valence electrons. The first-order chi connectivity index (χ1) is 10.8.